The van der Waals surface area contributed by atoms with Gasteiger partial charge in [0.1, 0.15) is 5.82 Å². The fourth-order valence-corrected chi connectivity index (χ4v) is 2.17. The smallest absolute Gasteiger partial charge is 0.137 e. The van der Waals surface area contributed by atoms with Crippen molar-refractivity contribution in [3.05, 3.63) is 65.4 Å². The third-order valence-electron chi connectivity index (χ3n) is 2.74. The summed E-state index contributed by atoms with van der Waals surface area (Å²) < 4.78 is 17.4. The molecule has 21 heavy (non-hydrogen) atoms. The van der Waals surface area contributed by atoms with Crippen molar-refractivity contribution in [2.75, 3.05) is 0 Å². The Labute approximate surface area is 142 Å². The number of benzene rings is 1. The lowest BCUT2D eigenvalue weighted by atomic mass is 10.3. The summed E-state index contributed by atoms with van der Waals surface area (Å²) in [5, 5.41) is 0. The Morgan fingerprint density at radius 3 is 2.67 bits per heavy atom. The van der Waals surface area contributed by atoms with Gasteiger partial charge in [0.15, 0.2) is 0 Å². The van der Waals surface area contributed by atoms with Crippen LogP contribution in [0.5, 0.6) is 0 Å². The average molecular weight is 394 g/mol. The van der Waals surface area contributed by atoms with Crippen molar-refractivity contribution in [3.8, 4) is 5.69 Å². The van der Waals surface area contributed by atoms with Gasteiger partial charge in [-0.1, -0.05) is 0 Å². The molecule has 0 aliphatic carbocycles. The van der Waals surface area contributed by atoms with Gasteiger partial charge in [-0.3, -0.25) is 0 Å². The lowest BCUT2D eigenvalue weighted by Crippen LogP contribution is -1.96. The molecule has 1 aromatic carbocycles. The SMILES string of the molecule is Cl.Cl.Fc1ccc(-n2cnc(Cn3ccnc3)c2)cc1Br. The zero-order valence-electron chi connectivity index (χ0n) is 10.7. The fraction of sp³-hybridized carbons (Fsp3) is 0.0769. The van der Waals surface area contributed by atoms with E-state index in [9.17, 15) is 4.39 Å². The van der Waals surface area contributed by atoms with E-state index in [0.717, 1.165) is 11.4 Å². The molecule has 4 nitrogen and oxygen atoms in total. The summed E-state index contributed by atoms with van der Waals surface area (Å²) in [4.78, 5) is 8.31. The van der Waals surface area contributed by atoms with E-state index in [1.54, 1.807) is 31.0 Å². The van der Waals surface area contributed by atoms with Crippen molar-refractivity contribution in [1.82, 2.24) is 19.1 Å². The van der Waals surface area contributed by atoms with Crippen LogP contribution in [-0.2, 0) is 6.54 Å². The first-order valence-electron chi connectivity index (χ1n) is 5.66. The molecule has 3 rings (SSSR count). The van der Waals surface area contributed by atoms with Crippen LogP contribution in [0.15, 0.2) is 53.9 Å². The Morgan fingerprint density at radius 1 is 1.19 bits per heavy atom. The molecule has 8 heteroatoms. The van der Waals surface area contributed by atoms with E-state index in [-0.39, 0.29) is 30.6 Å². The molecule has 0 bridgehead atoms. The third kappa shape index (κ3) is 4.06. The van der Waals surface area contributed by atoms with Gasteiger partial charge in [-0.15, -0.1) is 24.8 Å². The van der Waals surface area contributed by atoms with Gasteiger partial charge in [-0.2, -0.15) is 0 Å². The van der Waals surface area contributed by atoms with E-state index in [2.05, 4.69) is 25.9 Å². The summed E-state index contributed by atoms with van der Waals surface area (Å²) in [7, 11) is 0. The summed E-state index contributed by atoms with van der Waals surface area (Å²) >= 11 is 3.18. The molecule has 0 atom stereocenters. The second kappa shape index (κ2) is 7.59. The number of imidazole rings is 2. The number of rotatable bonds is 3. The summed E-state index contributed by atoms with van der Waals surface area (Å²) in [6.07, 6.45) is 8.99. The summed E-state index contributed by atoms with van der Waals surface area (Å²) in [5.74, 6) is -0.275. The normalized spacial score (nSPS) is 9.81. The van der Waals surface area contributed by atoms with Crippen LogP contribution < -0.4 is 0 Å². The maximum Gasteiger partial charge on any atom is 0.137 e. The zero-order chi connectivity index (χ0) is 13.2. The molecule has 0 amide bonds. The van der Waals surface area contributed by atoms with Crippen LogP contribution in [0.25, 0.3) is 5.69 Å². The molecule has 0 spiro atoms. The van der Waals surface area contributed by atoms with Gasteiger partial charge in [0.05, 0.1) is 29.4 Å². The van der Waals surface area contributed by atoms with Gasteiger partial charge in [-0.25, -0.2) is 14.4 Å². The minimum absolute atomic E-state index is 0. The summed E-state index contributed by atoms with van der Waals surface area (Å²) in [5.41, 5.74) is 1.77. The van der Waals surface area contributed by atoms with Crippen LogP contribution in [0.4, 0.5) is 4.39 Å². The molecule has 0 saturated heterocycles. The molecule has 3 aromatic rings. The van der Waals surface area contributed by atoms with E-state index in [4.69, 9.17) is 0 Å². The molecular weight excluding hydrogens is 382 g/mol. The molecule has 0 aliphatic rings. The van der Waals surface area contributed by atoms with Crippen molar-refractivity contribution in [2.24, 2.45) is 0 Å². The van der Waals surface area contributed by atoms with Crippen LogP contribution in [0.3, 0.4) is 0 Å². The molecule has 0 N–H and O–H groups in total. The highest BCUT2D eigenvalue weighted by Gasteiger charge is 2.04. The van der Waals surface area contributed by atoms with Crippen LogP contribution >= 0.6 is 40.7 Å². The summed E-state index contributed by atoms with van der Waals surface area (Å²) in [6, 6.07) is 4.86. The highest BCUT2D eigenvalue weighted by atomic mass is 79.9. The highest BCUT2D eigenvalue weighted by Crippen LogP contribution is 2.19. The number of nitrogens with zero attached hydrogens (tertiary/aromatic N) is 4. The highest BCUT2D eigenvalue weighted by molar-refractivity contribution is 9.10. The topological polar surface area (TPSA) is 35.6 Å². The van der Waals surface area contributed by atoms with Gasteiger partial charge in [-0.05, 0) is 34.1 Å². The minimum Gasteiger partial charge on any atom is -0.331 e. The first kappa shape index (κ1) is 17.7. The molecule has 0 aliphatic heterocycles. The van der Waals surface area contributed by atoms with Gasteiger partial charge in [0, 0.05) is 24.3 Å². The van der Waals surface area contributed by atoms with E-state index in [0.29, 0.717) is 11.0 Å². The molecule has 0 fully saturated rings. The second-order valence-corrected chi connectivity index (χ2v) is 4.96. The van der Waals surface area contributed by atoms with Crippen LogP contribution in [0.1, 0.15) is 5.69 Å². The minimum atomic E-state index is -0.275. The standard InChI is InChI=1S/C13H10BrFN4.2ClH/c14-12-5-11(1-2-13(12)15)19-7-10(17-9-19)6-18-4-3-16-8-18;;/h1-5,7-9H,6H2;2*1H. The number of hydrogen-bond acceptors (Lipinski definition) is 2. The van der Waals surface area contributed by atoms with Gasteiger partial charge in [0.25, 0.3) is 0 Å². The van der Waals surface area contributed by atoms with Gasteiger partial charge in [0.2, 0.25) is 0 Å². The maximum absolute atomic E-state index is 13.2. The average Bonchev–Trinajstić information content (AvgIpc) is 3.05. The number of halogens is 4. The number of aromatic nitrogens is 4. The molecular formula is C13H12BrCl2FN4. The van der Waals surface area contributed by atoms with E-state index >= 15 is 0 Å². The predicted molar refractivity (Wildman–Crippen MR) is 87.0 cm³/mol. The monoisotopic (exact) mass is 392 g/mol. The number of hydrogen-bond donors (Lipinski definition) is 0. The zero-order valence-corrected chi connectivity index (χ0v) is 13.9. The maximum atomic E-state index is 13.2. The van der Waals surface area contributed by atoms with Crippen molar-refractivity contribution in [1.29, 1.82) is 0 Å². The first-order valence-corrected chi connectivity index (χ1v) is 6.46. The van der Waals surface area contributed by atoms with Crippen molar-refractivity contribution >= 4 is 40.7 Å². The van der Waals surface area contributed by atoms with Crippen LogP contribution in [0, 0.1) is 5.82 Å². The Bertz CT molecular complexity index is 700. The lowest BCUT2D eigenvalue weighted by Gasteiger charge is -2.03. The molecule has 0 radical (unpaired) electrons. The summed E-state index contributed by atoms with van der Waals surface area (Å²) in [6.45, 7) is 0.662. The Morgan fingerprint density at radius 2 is 2.00 bits per heavy atom. The first-order chi connectivity index (χ1) is 9.22. The molecule has 0 saturated carbocycles. The molecule has 0 unspecified atom stereocenters. The lowest BCUT2D eigenvalue weighted by molar-refractivity contribution is 0.620. The third-order valence-corrected chi connectivity index (χ3v) is 3.35. The predicted octanol–water partition coefficient (Wildman–Crippen LogP) is 3.86. The van der Waals surface area contributed by atoms with Gasteiger partial charge < -0.3 is 9.13 Å². The van der Waals surface area contributed by atoms with E-state index in [1.165, 1.54) is 6.07 Å². The second-order valence-electron chi connectivity index (χ2n) is 4.11. The van der Waals surface area contributed by atoms with Crippen LogP contribution in [-0.4, -0.2) is 19.1 Å². The Kier molecular flexibility index (Phi) is 6.39. The molecule has 112 valence electrons. The van der Waals surface area contributed by atoms with Crippen molar-refractivity contribution in [3.63, 3.8) is 0 Å². The fourth-order valence-electron chi connectivity index (χ4n) is 1.80. The van der Waals surface area contributed by atoms with Gasteiger partial charge >= 0.3 is 0 Å². The Hall–Kier alpha value is -1.37. The molecule has 2 aromatic heterocycles. The van der Waals surface area contributed by atoms with E-state index in [1.807, 2.05) is 21.5 Å². The Balaban J connectivity index is 0.00000110. The van der Waals surface area contributed by atoms with E-state index < -0.39 is 0 Å². The van der Waals surface area contributed by atoms with Crippen molar-refractivity contribution in [2.45, 2.75) is 6.54 Å². The largest absolute Gasteiger partial charge is 0.331 e. The van der Waals surface area contributed by atoms with Crippen LogP contribution in [0.2, 0.25) is 0 Å². The van der Waals surface area contributed by atoms with Crippen molar-refractivity contribution < 1.29 is 4.39 Å². The quantitative estimate of drug-likeness (QED) is 0.677. The molecule has 2 heterocycles.